The Bertz CT molecular complexity index is 1030. The number of fused-ring (bicyclic) bond motifs is 1. The van der Waals surface area contributed by atoms with Crippen molar-refractivity contribution < 1.29 is 31.8 Å². The van der Waals surface area contributed by atoms with Crippen LogP contribution < -0.4 is 25.2 Å². The molecule has 3 amide bonds. The smallest absolute Gasteiger partial charge is 0.406 e. The lowest BCUT2D eigenvalue weighted by Crippen LogP contribution is -2.49. The van der Waals surface area contributed by atoms with E-state index >= 15 is 0 Å². The number of rotatable bonds is 6. The number of amides is 3. The van der Waals surface area contributed by atoms with E-state index in [4.69, 9.17) is 11.9 Å². The summed E-state index contributed by atoms with van der Waals surface area (Å²) in [6.07, 6.45) is -2.11. The van der Waals surface area contributed by atoms with Crippen LogP contribution >= 0.6 is 11.9 Å². The van der Waals surface area contributed by atoms with Gasteiger partial charge in [-0.25, -0.2) is 9.78 Å². The Labute approximate surface area is 191 Å². The SMILES string of the molecule is O=C1CN(C(=O)NC(COCl)c2ccc(OC(F)(F)F)cc2)c2ncc(N3CCC3)cc2N1. The Morgan fingerprint density at radius 2 is 2.00 bits per heavy atom. The van der Waals surface area contributed by atoms with Crippen LogP contribution in [0.15, 0.2) is 36.5 Å². The summed E-state index contributed by atoms with van der Waals surface area (Å²) in [6, 6.07) is 5.20. The van der Waals surface area contributed by atoms with Crippen molar-refractivity contribution in [2.75, 3.05) is 41.4 Å². The van der Waals surface area contributed by atoms with Gasteiger partial charge in [0.1, 0.15) is 12.3 Å². The molecular weight excluding hydrogens is 467 g/mol. The lowest BCUT2D eigenvalue weighted by Gasteiger charge is -2.35. The van der Waals surface area contributed by atoms with E-state index in [9.17, 15) is 22.8 Å². The van der Waals surface area contributed by atoms with Gasteiger partial charge in [-0.05, 0) is 30.2 Å². The predicted molar refractivity (Wildman–Crippen MR) is 113 cm³/mol. The molecule has 2 aromatic rings. The van der Waals surface area contributed by atoms with Crippen molar-refractivity contribution in [3.05, 3.63) is 42.1 Å². The summed E-state index contributed by atoms with van der Waals surface area (Å²) in [6.45, 7) is 1.35. The average Bonchev–Trinajstić information content (AvgIpc) is 2.70. The number of urea groups is 1. The number of benzene rings is 1. The van der Waals surface area contributed by atoms with Gasteiger partial charge in [-0.3, -0.25) is 14.0 Å². The Morgan fingerprint density at radius 3 is 2.61 bits per heavy atom. The third-order valence-corrected chi connectivity index (χ3v) is 5.32. The standard InChI is InChI=1S/C20H19ClF3N5O4/c21-32-11-16(12-2-4-14(5-3-12)33-20(22,23)24)27-19(31)29-10-17(30)26-15-8-13(9-25-18(15)29)28-6-1-7-28/h2-5,8-9,16H,1,6-7,10-11H2,(H,26,30)(H,27,31). The van der Waals surface area contributed by atoms with E-state index in [2.05, 4.69) is 29.5 Å². The molecule has 3 heterocycles. The van der Waals surface area contributed by atoms with Gasteiger partial charge in [0, 0.05) is 13.1 Å². The molecule has 9 nitrogen and oxygen atoms in total. The van der Waals surface area contributed by atoms with Crippen LogP contribution in [0.2, 0.25) is 0 Å². The summed E-state index contributed by atoms with van der Waals surface area (Å²) in [4.78, 5) is 32.9. The molecule has 1 atom stereocenters. The average molecular weight is 486 g/mol. The van der Waals surface area contributed by atoms with Crippen molar-refractivity contribution in [1.29, 1.82) is 0 Å². The number of nitrogens with zero attached hydrogens (tertiary/aromatic N) is 3. The summed E-state index contributed by atoms with van der Waals surface area (Å²) in [5.74, 6) is -0.526. The second-order valence-corrected chi connectivity index (χ2v) is 7.65. The van der Waals surface area contributed by atoms with E-state index in [-0.39, 0.29) is 24.9 Å². The van der Waals surface area contributed by atoms with Crippen LogP contribution in [0.3, 0.4) is 0 Å². The van der Waals surface area contributed by atoms with Crippen molar-refractivity contribution >= 4 is 41.0 Å². The van der Waals surface area contributed by atoms with Crippen LogP contribution in [-0.4, -0.2) is 49.5 Å². The fourth-order valence-corrected chi connectivity index (χ4v) is 3.62. The van der Waals surface area contributed by atoms with Crippen molar-refractivity contribution in [1.82, 2.24) is 10.3 Å². The number of nitrogens with one attached hydrogen (secondary N) is 2. The van der Waals surface area contributed by atoms with Gasteiger partial charge in [-0.15, -0.1) is 13.2 Å². The molecule has 176 valence electrons. The first-order valence-corrected chi connectivity index (χ1v) is 10.3. The Hall–Kier alpha value is -3.25. The van der Waals surface area contributed by atoms with Gasteiger partial charge in [0.2, 0.25) is 5.91 Å². The first kappa shape index (κ1) is 22.9. The van der Waals surface area contributed by atoms with Gasteiger partial charge < -0.3 is 20.3 Å². The summed E-state index contributed by atoms with van der Waals surface area (Å²) >= 11 is 5.38. The maximum absolute atomic E-state index is 13.0. The summed E-state index contributed by atoms with van der Waals surface area (Å²) in [7, 11) is 0. The molecule has 33 heavy (non-hydrogen) atoms. The Balaban J connectivity index is 1.51. The zero-order chi connectivity index (χ0) is 23.6. The zero-order valence-corrected chi connectivity index (χ0v) is 17.8. The van der Waals surface area contributed by atoms with Crippen LogP contribution in [0.25, 0.3) is 0 Å². The minimum atomic E-state index is -4.82. The molecule has 2 aliphatic rings. The lowest BCUT2D eigenvalue weighted by molar-refractivity contribution is -0.274. The van der Waals surface area contributed by atoms with Crippen LogP contribution in [0, 0.1) is 0 Å². The molecule has 2 aliphatic heterocycles. The van der Waals surface area contributed by atoms with Gasteiger partial charge in [-0.1, -0.05) is 12.1 Å². The minimum Gasteiger partial charge on any atom is -0.406 e. The fourth-order valence-electron chi connectivity index (χ4n) is 3.49. The van der Waals surface area contributed by atoms with Crippen molar-refractivity contribution in [2.45, 2.75) is 18.8 Å². The van der Waals surface area contributed by atoms with Gasteiger partial charge >= 0.3 is 12.4 Å². The number of aromatic nitrogens is 1. The largest absolute Gasteiger partial charge is 0.573 e. The molecule has 0 saturated carbocycles. The third kappa shape index (κ3) is 5.40. The molecule has 0 bridgehead atoms. The molecular formula is C20H19ClF3N5O4. The highest BCUT2D eigenvalue weighted by Gasteiger charge is 2.32. The van der Waals surface area contributed by atoms with Crippen LogP contribution in [0.4, 0.5) is 35.2 Å². The topological polar surface area (TPSA) is 96.0 Å². The maximum Gasteiger partial charge on any atom is 0.573 e. The van der Waals surface area contributed by atoms with Crippen molar-refractivity contribution in [3.8, 4) is 5.75 Å². The molecule has 0 radical (unpaired) electrons. The van der Waals surface area contributed by atoms with Crippen LogP contribution in [-0.2, 0) is 9.08 Å². The predicted octanol–water partition coefficient (Wildman–Crippen LogP) is 3.57. The number of ether oxygens (including phenoxy) is 1. The van der Waals surface area contributed by atoms with Crippen LogP contribution in [0.1, 0.15) is 18.0 Å². The number of halogens is 4. The molecule has 2 N–H and O–H groups in total. The fraction of sp³-hybridized carbons (Fsp3) is 0.350. The Kier molecular flexibility index (Phi) is 6.47. The Morgan fingerprint density at radius 1 is 1.27 bits per heavy atom. The van der Waals surface area contributed by atoms with Crippen molar-refractivity contribution in [2.24, 2.45) is 0 Å². The number of hydrogen-bond acceptors (Lipinski definition) is 6. The molecule has 13 heteroatoms. The number of anilines is 3. The molecule has 1 aromatic carbocycles. The quantitative estimate of drug-likeness (QED) is 0.649. The highest BCUT2D eigenvalue weighted by molar-refractivity contribution is 6.09. The second-order valence-electron chi connectivity index (χ2n) is 7.43. The second kappa shape index (κ2) is 9.32. The molecule has 0 aliphatic carbocycles. The van der Waals surface area contributed by atoms with Crippen LogP contribution in [0.5, 0.6) is 5.75 Å². The van der Waals surface area contributed by atoms with Crippen molar-refractivity contribution in [3.63, 3.8) is 0 Å². The van der Waals surface area contributed by atoms with E-state index in [0.29, 0.717) is 11.3 Å². The molecule has 4 rings (SSSR count). The third-order valence-electron chi connectivity index (χ3n) is 5.19. The van der Waals surface area contributed by atoms with Gasteiger partial charge in [-0.2, -0.15) is 0 Å². The lowest BCUT2D eigenvalue weighted by atomic mass is 10.1. The van der Waals surface area contributed by atoms with E-state index in [1.165, 1.54) is 17.0 Å². The molecule has 1 unspecified atom stereocenters. The first-order chi connectivity index (χ1) is 15.7. The van der Waals surface area contributed by atoms with E-state index in [0.717, 1.165) is 37.3 Å². The van der Waals surface area contributed by atoms with E-state index < -0.39 is 24.2 Å². The molecule has 1 saturated heterocycles. The molecule has 1 aromatic heterocycles. The number of hydrogen-bond donors (Lipinski definition) is 2. The molecule has 1 fully saturated rings. The summed E-state index contributed by atoms with van der Waals surface area (Å²) in [5.41, 5.74) is 1.67. The number of carbonyl (C=O) groups excluding carboxylic acids is 2. The van der Waals surface area contributed by atoms with E-state index in [1.54, 1.807) is 12.3 Å². The monoisotopic (exact) mass is 485 g/mol. The first-order valence-electron chi connectivity index (χ1n) is 9.95. The zero-order valence-electron chi connectivity index (χ0n) is 17.1. The number of alkyl halides is 3. The molecule has 0 spiro atoms. The number of pyridine rings is 1. The summed E-state index contributed by atoms with van der Waals surface area (Å²) < 4.78 is 45.6. The highest BCUT2D eigenvalue weighted by Crippen LogP contribution is 2.33. The normalized spacial score (nSPS) is 16.4. The van der Waals surface area contributed by atoms with Gasteiger partial charge in [0.15, 0.2) is 5.82 Å². The number of carbonyl (C=O) groups is 2. The van der Waals surface area contributed by atoms with E-state index in [1.807, 2.05) is 0 Å². The highest BCUT2D eigenvalue weighted by atomic mass is 35.5. The minimum absolute atomic E-state index is 0.180. The maximum atomic E-state index is 13.0. The van der Waals surface area contributed by atoms with Gasteiger partial charge in [0.05, 0.1) is 42.1 Å². The summed E-state index contributed by atoms with van der Waals surface area (Å²) in [5, 5.41) is 5.40. The van der Waals surface area contributed by atoms with Gasteiger partial charge in [0.25, 0.3) is 0 Å².